The van der Waals surface area contributed by atoms with Crippen LogP contribution in [0.3, 0.4) is 0 Å². The molecule has 3 N–H and O–H groups in total. The average Bonchev–Trinajstić information content (AvgIpc) is 3.39. The Labute approximate surface area is 196 Å². The van der Waals surface area contributed by atoms with E-state index in [1.807, 2.05) is 31.1 Å². The molecule has 4 aromatic heterocycles. The van der Waals surface area contributed by atoms with Gasteiger partial charge in [-0.2, -0.15) is 15.1 Å². The summed E-state index contributed by atoms with van der Waals surface area (Å²) in [4.78, 5) is 19.2. The van der Waals surface area contributed by atoms with Crippen LogP contribution in [-0.4, -0.2) is 67.4 Å². The summed E-state index contributed by atoms with van der Waals surface area (Å²) in [5.74, 6) is 3.33. The first-order valence-corrected chi connectivity index (χ1v) is 11.1. The predicted molar refractivity (Wildman–Crippen MR) is 125 cm³/mol. The summed E-state index contributed by atoms with van der Waals surface area (Å²) < 4.78 is 11.3. The van der Waals surface area contributed by atoms with E-state index in [1.54, 1.807) is 18.3 Å². The standard InChI is InChI=1S/C22H26N10O2/c1-32(2)7-8-33-21-11-19(26-20-10-17(29-30-20)14-3-4-14)27-22(28-21)24-12-15-9-18(31-34-15)16-5-6-23-13-25-16/h5-6,9-11,13-14H,3-4,7-8,12H2,1-2H3,(H3,24,26,27,28,29,30). The molecule has 0 aromatic carbocycles. The molecular weight excluding hydrogens is 436 g/mol. The normalized spacial score (nSPS) is 13.3. The van der Waals surface area contributed by atoms with Crippen molar-refractivity contribution in [2.45, 2.75) is 25.3 Å². The molecule has 4 heterocycles. The Morgan fingerprint density at radius 3 is 2.85 bits per heavy atom. The van der Waals surface area contributed by atoms with E-state index in [9.17, 15) is 0 Å². The Balaban J connectivity index is 1.29. The highest BCUT2D eigenvalue weighted by atomic mass is 16.5. The maximum atomic E-state index is 5.85. The largest absolute Gasteiger partial charge is 0.476 e. The third-order valence-electron chi connectivity index (χ3n) is 5.19. The molecule has 0 aliphatic heterocycles. The van der Waals surface area contributed by atoms with Gasteiger partial charge in [-0.25, -0.2) is 9.97 Å². The second kappa shape index (κ2) is 9.83. The van der Waals surface area contributed by atoms with Crippen LogP contribution >= 0.6 is 0 Å². The topological polar surface area (TPSA) is 143 Å². The predicted octanol–water partition coefficient (Wildman–Crippen LogP) is 2.82. The fraction of sp³-hybridized carbons (Fsp3) is 0.364. The number of aromatic amines is 1. The molecule has 0 bridgehead atoms. The molecule has 12 nitrogen and oxygen atoms in total. The van der Waals surface area contributed by atoms with Crippen molar-refractivity contribution in [3.8, 4) is 17.3 Å². The van der Waals surface area contributed by atoms with E-state index in [4.69, 9.17) is 9.26 Å². The van der Waals surface area contributed by atoms with Crippen LogP contribution < -0.4 is 15.4 Å². The molecule has 5 rings (SSSR count). The zero-order chi connectivity index (χ0) is 23.3. The van der Waals surface area contributed by atoms with Crippen molar-refractivity contribution in [1.29, 1.82) is 0 Å². The van der Waals surface area contributed by atoms with Crippen molar-refractivity contribution in [1.82, 2.24) is 40.2 Å². The van der Waals surface area contributed by atoms with Crippen LogP contribution in [0.4, 0.5) is 17.6 Å². The summed E-state index contributed by atoms with van der Waals surface area (Å²) in [6.45, 7) is 1.61. The highest BCUT2D eigenvalue weighted by Gasteiger charge is 2.25. The maximum absolute atomic E-state index is 5.85. The van der Waals surface area contributed by atoms with Gasteiger partial charge >= 0.3 is 0 Å². The highest BCUT2D eigenvalue weighted by Crippen LogP contribution is 2.39. The first-order chi connectivity index (χ1) is 16.6. The Bertz CT molecular complexity index is 1220. The summed E-state index contributed by atoms with van der Waals surface area (Å²) in [5.41, 5.74) is 2.46. The lowest BCUT2D eigenvalue weighted by Gasteiger charge is -2.12. The van der Waals surface area contributed by atoms with E-state index < -0.39 is 0 Å². The van der Waals surface area contributed by atoms with Crippen LogP contribution in [0.5, 0.6) is 5.88 Å². The van der Waals surface area contributed by atoms with Gasteiger partial charge in [0, 0.05) is 42.6 Å². The molecule has 0 unspecified atom stereocenters. The third kappa shape index (κ3) is 5.64. The quantitative estimate of drug-likeness (QED) is 0.303. The molecular formula is C22H26N10O2. The zero-order valence-electron chi connectivity index (χ0n) is 19.0. The van der Waals surface area contributed by atoms with E-state index in [0.29, 0.717) is 59.7 Å². The third-order valence-corrected chi connectivity index (χ3v) is 5.19. The first kappa shape index (κ1) is 21.8. The number of hydrogen-bond acceptors (Lipinski definition) is 11. The summed E-state index contributed by atoms with van der Waals surface area (Å²) in [6.07, 6.45) is 5.53. The Kier molecular flexibility index (Phi) is 6.29. The van der Waals surface area contributed by atoms with Gasteiger partial charge in [-0.1, -0.05) is 5.16 Å². The van der Waals surface area contributed by atoms with Crippen LogP contribution in [-0.2, 0) is 6.54 Å². The van der Waals surface area contributed by atoms with Gasteiger partial charge in [0.2, 0.25) is 11.8 Å². The van der Waals surface area contributed by atoms with Gasteiger partial charge < -0.3 is 24.8 Å². The van der Waals surface area contributed by atoms with Crippen LogP contribution in [0.2, 0.25) is 0 Å². The van der Waals surface area contributed by atoms with E-state index in [1.165, 1.54) is 19.2 Å². The van der Waals surface area contributed by atoms with Gasteiger partial charge in [0.15, 0.2) is 11.6 Å². The summed E-state index contributed by atoms with van der Waals surface area (Å²) >= 11 is 0. The number of ether oxygens (including phenoxy) is 1. The summed E-state index contributed by atoms with van der Waals surface area (Å²) in [5, 5.41) is 17.9. The highest BCUT2D eigenvalue weighted by molar-refractivity contribution is 5.56. The molecule has 176 valence electrons. The molecule has 0 atom stereocenters. The van der Waals surface area contributed by atoms with Crippen LogP contribution in [0.1, 0.15) is 30.2 Å². The molecule has 1 aliphatic carbocycles. The molecule has 0 amide bonds. The van der Waals surface area contributed by atoms with Gasteiger partial charge in [0.05, 0.1) is 12.2 Å². The lowest BCUT2D eigenvalue weighted by molar-refractivity contribution is 0.254. The molecule has 34 heavy (non-hydrogen) atoms. The first-order valence-electron chi connectivity index (χ1n) is 11.1. The number of aromatic nitrogens is 7. The number of anilines is 3. The average molecular weight is 463 g/mol. The molecule has 1 saturated carbocycles. The van der Waals surface area contributed by atoms with E-state index >= 15 is 0 Å². The van der Waals surface area contributed by atoms with E-state index in [2.05, 4.69) is 45.9 Å². The van der Waals surface area contributed by atoms with Crippen molar-refractivity contribution in [3.63, 3.8) is 0 Å². The molecule has 1 fully saturated rings. The van der Waals surface area contributed by atoms with E-state index in [0.717, 1.165) is 12.2 Å². The fourth-order valence-electron chi connectivity index (χ4n) is 3.24. The number of hydrogen-bond donors (Lipinski definition) is 3. The Hall–Kier alpha value is -4.06. The van der Waals surface area contributed by atoms with Gasteiger partial charge in [-0.05, 0) is 33.0 Å². The fourth-order valence-corrected chi connectivity index (χ4v) is 3.24. The monoisotopic (exact) mass is 462 g/mol. The second-order valence-electron chi connectivity index (χ2n) is 8.30. The maximum Gasteiger partial charge on any atom is 0.228 e. The number of H-pyrrole nitrogens is 1. The van der Waals surface area contributed by atoms with Crippen molar-refractivity contribution in [2.24, 2.45) is 0 Å². The van der Waals surface area contributed by atoms with Crippen molar-refractivity contribution in [2.75, 3.05) is 37.9 Å². The minimum absolute atomic E-state index is 0.340. The molecule has 1 aliphatic rings. The smallest absolute Gasteiger partial charge is 0.228 e. The Morgan fingerprint density at radius 1 is 1.15 bits per heavy atom. The molecule has 12 heteroatoms. The van der Waals surface area contributed by atoms with Crippen molar-refractivity contribution in [3.05, 3.63) is 48.2 Å². The molecule has 0 spiro atoms. The lowest BCUT2D eigenvalue weighted by Crippen LogP contribution is -2.20. The second-order valence-corrected chi connectivity index (χ2v) is 8.30. The van der Waals surface area contributed by atoms with Gasteiger partial charge in [0.1, 0.15) is 24.4 Å². The number of rotatable bonds is 11. The SMILES string of the molecule is CN(C)CCOc1cc(Nc2cc(C3CC3)[nH]n2)nc(NCc2cc(-c3ccncn3)no2)n1. The van der Waals surface area contributed by atoms with Crippen molar-refractivity contribution < 1.29 is 9.26 Å². The lowest BCUT2D eigenvalue weighted by atomic mass is 10.3. The Morgan fingerprint density at radius 2 is 2.06 bits per heavy atom. The summed E-state index contributed by atoms with van der Waals surface area (Å²) in [6, 6.07) is 7.36. The summed E-state index contributed by atoms with van der Waals surface area (Å²) in [7, 11) is 3.98. The van der Waals surface area contributed by atoms with Gasteiger partial charge in [-0.3, -0.25) is 5.10 Å². The molecule has 0 radical (unpaired) electrons. The van der Waals surface area contributed by atoms with Crippen LogP contribution in [0, 0.1) is 0 Å². The van der Waals surface area contributed by atoms with Crippen LogP contribution in [0.15, 0.2) is 41.3 Å². The van der Waals surface area contributed by atoms with Crippen LogP contribution in [0.25, 0.3) is 11.4 Å². The van der Waals surface area contributed by atoms with Crippen molar-refractivity contribution >= 4 is 17.6 Å². The minimum Gasteiger partial charge on any atom is -0.476 e. The van der Waals surface area contributed by atoms with Gasteiger partial charge in [-0.15, -0.1) is 0 Å². The molecule has 4 aromatic rings. The van der Waals surface area contributed by atoms with Gasteiger partial charge in [0.25, 0.3) is 0 Å². The minimum atomic E-state index is 0.340. The zero-order valence-corrected chi connectivity index (χ0v) is 19.0. The van der Waals surface area contributed by atoms with E-state index in [-0.39, 0.29) is 0 Å². The number of nitrogens with one attached hydrogen (secondary N) is 3. The number of likely N-dealkylation sites (N-methyl/N-ethyl adjacent to an activating group) is 1. The number of nitrogens with zero attached hydrogens (tertiary/aromatic N) is 7. The molecule has 0 saturated heterocycles.